The van der Waals surface area contributed by atoms with Gasteiger partial charge in [0.2, 0.25) is 0 Å². The van der Waals surface area contributed by atoms with Gasteiger partial charge in [0.15, 0.2) is 0 Å². The summed E-state index contributed by atoms with van der Waals surface area (Å²) in [4.78, 5) is 23.9. The summed E-state index contributed by atoms with van der Waals surface area (Å²) >= 11 is 0. The summed E-state index contributed by atoms with van der Waals surface area (Å²) in [5, 5.41) is 8.78. The molecule has 6 nitrogen and oxygen atoms in total. The largest absolute Gasteiger partial charge is 0.453 e. The number of para-hydroxylation sites is 2. The molecule has 0 atom stereocenters. The van der Waals surface area contributed by atoms with E-state index >= 15 is 0 Å². The molecular formula is C22H21N3O3. The van der Waals surface area contributed by atoms with Crippen LogP contribution in [0.25, 0.3) is 0 Å². The summed E-state index contributed by atoms with van der Waals surface area (Å²) in [5.41, 5.74) is 3.76. The molecule has 0 bridgehead atoms. The fourth-order valence-electron chi connectivity index (χ4n) is 2.62. The molecule has 0 fully saturated rings. The highest BCUT2D eigenvalue weighted by atomic mass is 16.5. The number of amides is 2. The molecule has 0 saturated carbocycles. The number of anilines is 3. The molecule has 0 aliphatic rings. The first-order valence-corrected chi connectivity index (χ1v) is 8.79. The molecule has 0 aliphatic heterocycles. The first-order valence-electron chi connectivity index (χ1n) is 8.79. The van der Waals surface area contributed by atoms with E-state index in [-0.39, 0.29) is 5.91 Å². The van der Waals surface area contributed by atoms with Crippen molar-refractivity contribution in [3.8, 4) is 0 Å². The summed E-state index contributed by atoms with van der Waals surface area (Å²) in [6.45, 7) is 0.372. The van der Waals surface area contributed by atoms with E-state index in [0.717, 1.165) is 16.9 Å². The summed E-state index contributed by atoms with van der Waals surface area (Å²) < 4.78 is 4.55. The average molecular weight is 375 g/mol. The molecule has 28 heavy (non-hydrogen) atoms. The summed E-state index contributed by atoms with van der Waals surface area (Å²) in [6, 6.07) is 24.2. The normalized spacial score (nSPS) is 10.0. The first-order chi connectivity index (χ1) is 13.7. The second-order valence-electron chi connectivity index (χ2n) is 6.03. The average Bonchev–Trinajstić information content (AvgIpc) is 2.74. The second-order valence-corrected chi connectivity index (χ2v) is 6.03. The molecule has 0 aliphatic carbocycles. The van der Waals surface area contributed by atoms with Crippen LogP contribution in [0.3, 0.4) is 0 Å². The van der Waals surface area contributed by atoms with E-state index in [1.54, 1.807) is 18.2 Å². The number of rotatable bonds is 6. The fraction of sp³-hybridized carbons (Fsp3) is 0.0909. The molecule has 142 valence electrons. The Morgan fingerprint density at radius 2 is 1.50 bits per heavy atom. The Labute approximate surface area is 163 Å². The lowest BCUT2D eigenvalue weighted by molar-refractivity contribution is 0.0951. The lowest BCUT2D eigenvalue weighted by atomic mass is 10.1. The van der Waals surface area contributed by atoms with Gasteiger partial charge in [-0.15, -0.1) is 0 Å². The van der Waals surface area contributed by atoms with Gasteiger partial charge in [0, 0.05) is 17.9 Å². The molecule has 0 unspecified atom stereocenters. The number of methoxy groups -OCH3 is 1. The van der Waals surface area contributed by atoms with E-state index < -0.39 is 6.09 Å². The number of carbonyl (C=O) groups excluding carboxylic acids is 2. The predicted molar refractivity (Wildman–Crippen MR) is 110 cm³/mol. The maximum atomic E-state index is 12.7. The second kappa shape index (κ2) is 9.23. The molecule has 3 aromatic carbocycles. The third kappa shape index (κ3) is 5.11. The van der Waals surface area contributed by atoms with Crippen molar-refractivity contribution in [3.63, 3.8) is 0 Å². The third-order valence-electron chi connectivity index (χ3n) is 4.06. The predicted octanol–water partition coefficient (Wildman–Crippen LogP) is 4.54. The monoisotopic (exact) mass is 375 g/mol. The van der Waals surface area contributed by atoms with Crippen LogP contribution in [0.15, 0.2) is 78.9 Å². The lowest BCUT2D eigenvalue weighted by Crippen LogP contribution is -2.23. The van der Waals surface area contributed by atoms with Crippen molar-refractivity contribution in [1.29, 1.82) is 0 Å². The van der Waals surface area contributed by atoms with Gasteiger partial charge in [-0.05, 0) is 42.0 Å². The topological polar surface area (TPSA) is 79.5 Å². The van der Waals surface area contributed by atoms with Crippen molar-refractivity contribution in [3.05, 3.63) is 90.0 Å². The quantitative estimate of drug-likeness (QED) is 0.591. The van der Waals surface area contributed by atoms with E-state index in [9.17, 15) is 9.59 Å². The zero-order chi connectivity index (χ0) is 19.8. The molecular weight excluding hydrogens is 354 g/mol. The van der Waals surface area contributed by atoms with E-state index in [1.165, 1.54) is 7.11 Å². The van der Waals surface area contributed by atoms with Crippen LogP contribution in [0.4, 0.5) is 21.9 Å². The fourth-order valence-corrected chi connectivity index (χ4v) is 2.62. The number of hydrogen-bond acceptors (Lipinski definition) is 4. The maximum Gasteiger partial charge on any atom is 0.411 e. The van der Waals surface area contributed by atoms with E-state index in [1.807, 2.05) is 60.7 Å². The number of hydrogen-bond donors (Lipinski definition) is 3. The Hall–Kier alpha value is -3.80. The number of nitrogens with one attached hydrogen (secondary N) is 3. The third-order valence-corrected chi connectivity index (χ3v) is 4.06. The number of carbonyl (C=O) groups is 2. The van der Waals surface area contributed by atoms with Crippen LogP contribution in [0.5, 0.6) is 0 Å². The van der Waals surface area contributed by atoms with Crippen LogP contribution >= 0.6 is 0 Å². The van der Waals surface area contributed by atoms with Crippen LogP contribution in [-0.4, -0.2) is 19.1 Å². The molecule has 3 rings (SSSR count). The van der Waals surface area contributed by atoms with Crippen molar-refractivity contribution in [1.82, 2.24) is 5.32 Å². The van der Waals surface area contributed by atoms with Crippen molar-refractivity contribution in [2.24, 2.45) is 0 Å². The molecule has 0 spiro atoms. The molecule has 3 aromatic rings. The molecule has 0 radical (unpaired) electrons. The Balaban J connectivity index is 1.63. The van der Waals surface area contributed by atoms with Gasteiger partial charge in [-0.1, -0.05) is 42.5 Å². The Kier molecular flexibility index (Phi) is 6.25. The van der Waals surface area contributed by atoms with Crippen molar-refractivity contribution in [2.45, 2.75) is 6.54 Å². The van der Waals surface area contributed by atoms with Gasteiger partial charge in [-0.2, -0.15) is 0 Å². The smallest absolute Gasteiger partial charge is 0.411 e. The Morgan fingerprint density at radius 1 is 0.821 bits per heavy atom. The maximum absolute atomic E-state index is 12.7. The Morgan fingerprint density at radius 3 is 2.21 bits per heavy atom. The molecule has 0 saturated heterocycles. The molecule has 2 amide bonds. The van der Waals surface area contributed by atoms with Gasteiger partial charge < -0.3 is 15.4 Å². The van der Waals surface area contributed by atoms with Gasteiger partial charge in [0.1, 0.15) is 0 Å². The van der Waals surface area contributed by atoms with Gasteiger partial charge in [-0.3, -0.25) is 10.1 Å². The minimum Gasteiger partial charge on any atom is -0.453 e. The van der Waals surface area contributed by atoms with Crippen LogP contribution in [-0.2, 0) is 11.3 Å². The summed E-state index contributed by atoms with van der Waals surface area (Å²) in [7, 11) is 1.31. The highest BCUT2D eigenvalue weighted by Crippen LogP contribution is 2.20. The van der Waals surface area contributed by atoms with Crippen LogP contribution in [0.2, 0.25) is 0 Å². The molecule has 3 N–H and O–H groups in total. The van der Waals surface area contributed by atoms with E-state index in [4.69, 9.17) is 0 Å². The number of benzene rings is 3. The zero-order valence-electron chi connectivity index (χ0n) is 15.4. The van der Waals surface area contributed by atoms with Gasteiger partial charge >= 0.3 is 6.09 Å². The van der Waals surface area contributed by atoms with Gasteiger partial charge in [0.05, 0.1) is 18.4 Å². The van der Waals surface area contributed by atoms with Crippen LogP contribution in [0, 0.1) is 0 Å². The SMILES string of the molecule is COC(=O)Nc1ccc(CNC(=O)c2ccccc2Nc2ccccc2)cc1. The summed E-state index contributed by atoms with van der Waals surface area (Å²) in [5.74, 6) is -0.171. The molecule has 0 aromatic heterocycles. The minimum absolute atomic E-state index is 0.171. The molecule has 0 heterocycles. The minimum atomic E-state index is -0.524. The van der Waals surface area contributed by atoms with Gasteiger partial charge in [-0.25, -0.2) is 4.79 Å². The van der Waals surface area contributed by atoms with Crippen LogP contribution < -0.4 is 16.0 Å². The number of ether oxygens (including phenoxy) is 1. The summed E-state index contributed by atoms with van der Waals surface area (Å²) in [6.07, 6.45) is -0.524. The van der Waals surface area contributed by atoms with E-state index in [0.29, 0.717) is 17.8 Å². The standard InChI is InChI=1S/C22H21N3O3/c1-28-22(27)25-18-13-11-16(12-14-18)15-23-21(26)19-9-5-6-10-20(19)24-17-7-3-2-4-8-17/h2-14,24H,15H2,1H3,(H,23,26)(H,25,27). The lowest BCUT2D eigenvalue weighted by Gasteiger charge is -2.12. The van der Waals surface area contributed by atoms with Crippen LogP contribution in [0.1, 0.15) is 15.9 Å². The Bertz CT molecular complexity index is 941. The van der Waals surface area contributed by atoms with E-state index in [2.05, 4.69) is 20.7 Å². The van der Waals surface area contributed by atoms with Crippen molar-refractivity contribution >= 4 is 29.1 Å². The highest BCUT2D eigenvalue weighted by Gasteiger charge is 2.11. The zero-order valence-corrected chi connectivity index (χ0v) is 15.4. The van der Waals surface area contributed by atoms with Crippen molar-refractivity contribution in [2.75, 3.05) is 17.7 Å². The van der Waals surface area contributed by atoms with Gasteiger partial charge in [0.25, 0.3) is 5.91 Å². The molecule has 6 heteroatoms. The van der Waals surface area contributed by atoms with Crippen molar-refractivity contribution < 1.29 is 14.3 Å². The first kappa shape index (κ1) is 19.0. The highest BCUT2D eigenvalue weighted by molar-refractivity contribution is 6.00.